The summed E-state index contributed by atoms with van der Waals surface area (Å²) in [5.41, 5.74) is -0.710. The van der Waals surface area contributed by atoms with Crippen molar-refractivity contribution in [2.75, 3.05) is 31.1 Å². The molecule has 2 N–H and O–H groups in total. The van der Waals surface area contributed by atoms with Gasteiger partial charge in [-0.15, -0.1) is 0 Å². The summed E-state index contributed by atoms with van der Waals surface area (Å²) in [5.74, 6) is -1.58. The zero-order chi connectivity index (χ0) is 19.7. The first-order chi connectivity index (χ1) is 12.9. The second-order valence-electron chi connectivity index (χ2n) is 6.93. The summed E-state index contributed by atoms with van der Waals surface area (Å²) >= 11 is 0. The van der Waals surface area contributed by atoms with Gasteiger partial charge in [-0.05, 0) is 38.4 Å². The molecule has 7 heteroatoms. The molecule has 27 heavy (non-hydrogen) atoms. The fourth-order valence-electron chi connectivity index (χ4n) is 3.77. The number of nitrogens with zero attached hydrogens (tertiary/aromatic N) is 2. The Labute approximate surface area is 156 Å². The molecule has 0 saturated carbocycles. The standard InChI is InChI=1S/C20H25F2N3O2/c1-4-23-9-13-6-7-25(10-13)19-16(21)8-14-18(17(19)22)24(5-2)11-15(12(3)26)20(14)27/h8,11,13,23,26H,3-7,9-10H2,1-2H3. The van der Waals surface area contributed by atoms with E-state index in [9.17, 15) is 14.3 Å². The summed E-state index contributed by atoms with van der Waals surface area (Å²) in [6.07, 6.45) is 2.23. The summed E-state index contributed by atoms with van der Waals surface area (Å²) in [5, 5.41) is 12.8. The van der Waals surface area contributed by atoms with E-state index in [0.717, 1.165) is 25.6 Å². The van der Waals surface area contributed by atoms with Gasteiger partial charge in [0, 0.05) is 25.8 Å². The molecule has 1 aromatic heterocycles. The zero-order valence-corrected chi connectivity index (χ0v) is 15.7. The molecular formula is C20H25F2N3O2. The highest BCUT2D eigenvalue weighted by Gasteiger charge is 2.29. The molecule has 1 aliphatic heterocycles. The predicted molar refractivity (Wildman–Crippen MR) is 104 cm³/mol. The quantitative estimate of drug-likeness (QED) is 0.759. The molecule has 0 spiro atoms. The summed E-state index contributed by atoms with van der Waals surface area (Å²) in [6.45, 7) is 10.3. The number of rotatable bonds is 6. The molecule has 1 unspecified atom stereocenters. The number of hydrogen-bond donors (Lipinski definition) is 2. The average Bonchev–Trinajstić information content (AvgIpc) is 3.09. The number of pyridine rings is 1. The number of aliphatic hydroxyl groups excluding tert-OH is 1. The van der Waals surface area contributed by atoms with Crippen LogP contribution in [0.4, 0.5) is 14.5 Å². The summed E-state index contributed by atoms with van der Waals surface area (Å²) in [6, 6.07) is 1.08. The van der Waals surface area contributed by atoms with Crippen LogP contribution in [0.15, 0.2) is 23.6 Å². The van der Waals surface area contributed by atoms with Crippen LogP contribution in [-0.2, 0) is 6.54 Å². The minimum Gasteiger partial charge on any atom is -0.508 e. The highest BCUT2D eigenvalue weighted by Crippen LogP contribution is 2.33. The van der Waals surface area contributed by atoms with E-state index in [0.29, 0.717) is 25.6 Å². The lowest BCUT2D eigenvalue weighted by Gasteiger charge is -2.22. The van der Waals surface area contributed by atoms with Crippen LogP contribution in [0.25, 0.3) is 16.7 Å². The van der Waals surface area contributed by atoms with E-state index in [2.05, 4.69) is 11.9 Å². The minimum atomic E-state index is -0.760. The van der Waals surface area contributed by atoms with Gasteiger partial charge in [0.2, 0.25) is 5.43 Å². The molecule has 1 aromatic carbocycles. The van der Waals surface area contributed by atoms with Crippen LogP contribution >= 0.6 is 0 Å². The first kappa shape index (κ1) is 19.4. The first-order valence-corrected chi connectivity index (χ1v) is 9.28. The Kier molecular flexibility index (Phi) is 5.51. The van der Waals surface area contributed by atoms with Crippen molar-refractivity contribution in [3.05, 3.63) is 46.3 Å². The maximum atomic E-state index is 15.4. The van der Waals surface area contributed by atoms with E-state index in [4.69, 9.17) is 0 Å². The van der Waals surface area contributed by atoms with Crippen molar-refractivity contribution in [3.8, 4) is 0 Å². The van der Waals surface area contributed by atoms with Crippen molar-refractivity contribution in [1.82, 2.24) is 9.88 Å². The first-order valence-electron chi connectivity index (χ1n) is 9.28. The Balaban J connectivity index is 2.13. The molecule has 0 aliphatic carbocycles. The average molecular weight is 377 g/mol. The van der Waals surface area contributed by atoms with Crippen molar-refractivity contribution >= 4 is 22.3 Å². The topological polar surface area (TPSA) is 57.5 Å². The second-order valence-corrected chi connectivity index (χ2v) is 6.93. The normalized spacial score (nSPS) is 17.0. The predicted octanol–water partition coefficient (Wildman–Crippen LogP) is 3.26. The highest BCUT2D eigenvalue weighted by molar-refractivity contribution is 5.86. The van der Waals surface area contributed by atoms with Crippen LogP contribution in [0, 0.1) is 17.6 Å². The lowest BCUT2D eigenvalue weighted by Crippen LogP contribution is -2.27. The highest BCUT2D eigenvalue weighted by atomic mass is 19.1. The van der Waals surface area contributed by atoms with Gasteiger partial charge < -0.3 is 19.9 Å². The maximum absolute atomic E-state index is 15.4. The molecule has 1 saturated heterocycles. The third kappa shape index (κ3) is 3.43. The van der Waals surface area contributed by atoms with E-state index >= 15 is 4.39 Å². The van der Waals surface area contributed by atoms with Gasteiger partial charge >= 0.3 is 0 Å². The van der Waals surface area contributed by atoms with Gasteiger partial charge in [-0.2, -0.15) is 0 Å². The Hall–Kier alpha value is -2.41. The maximum Gasteiger partial charge on any atom is 0.200 e. The minimum absolute atomic E-state index is 0.0530. The molecule has 0 bridgehead atoms. The summed E-state index contributed by atoms with van der Waals surface area (Å²) in [4.78, 5) is 14.3. The number of aryl methyl sites for hydroxylation is 1. The lowest BCUT2D eigenvalue weighted by molar-refractivity contribution is 0.511. The van der Waals surface area contributed by atoms with Gasteiger partial charge in [-0.25, -0.2) is 8.78 Å². The van der Waals surface area contributed by atoms with Crippen molar-refractivity contribution in [3.63, 3.8) is 0 Å². The molecule has 146 valence electrons. The molecule has 5 nitrogen and oxygen atoms in total. The molecule has 1 aliphatic rings. The summed E-state index contributed by atoms with van der Waals surface area (Å²) in [7, 11) is 0. The van der Waals surface area contributed by atoms with Crippen molar-refractivity contribution in [2.45, 2.75) is 26.8 Å². The third-order valence-corrected chi connectivity index (χ3v) is 5.17. The Morgan fingerprint density at radius 1 is 1.41 bits per heavy atom. The van der Waals surface area contributed by atoms with E-state index in [1.807, 2.05) is 6.92 Å². The number of fused-ring (bicyclic) bond motifs is 1. The Morgan fingerprint density at radius 3 is 2.78 bits per heavy atom. The summed E-state index contributed by atoms with van der Waals surface area (Å²) < 4.78 is 31.7. The number of benzene rings is 1. The fraction of sp³-hybridized carbons (Fsp3) is 0.450. The number of aromatic nitrogens is 1. The molecule has 0 radical (unpaired) electrons. The molecule has 2 heterocycles. The van der Waals surface area contributed by atoms with Gasteiger partial charge in [0.25, 0.3) is 0 Å². The molecule has 1 atom stereocenters. The monoisotopic (exact) mass is 377 g/mol. The Bertz CT molecular complexity index is 939. The number of anilines is 1. The molecule has 3 rings (SSSR count). The van der Waals surface area contributed by atoms with E-state index in [-0.39, 0.29) is 22.2 Å². The van der Waals surface area contributed by atoms with Crippen molar-refractivity contribution in [1.29, 1.82) is 0 Å². The second kappa shape index (κ2) is 7.68. The van der Waals surface area contributed by atoms with Gasteiger partial charge in [0.15, 0.2) is 5.82 Å². The number of nitrogens with one attached hydrogen (secondary N) is 1. The fourth-order valence-corrected chi connectivity index (χ4v) is 3.77. The molecule has 1 fully saturated rings. The number of halogens is 2. The van der Waals surface area contributed by atoms with Gasteiger partial charge in [-0.1, -0.05) is 13.5 Å². The van der Waals surface area contributed by atoms with Crippen LogP contribution in [0.1, 0.15) is 25.8 Å². The van der Waals surface area contributed by atoms with Gasteiger partial charge in [0.05, 0.1) is 16.5 Å². The van der Waals surface area contributed by atoms with Gasteiger partial charge in [-0.3, -0.25) is 4.79 Å². The van der Waals surface area contributed by atoms with Crippen molar-refractivity contribution in [2.24, 2.45) is 5.92 Å². The van der Waals surface area contributed by atoms with Gasteiger partial charge in [0.1, 0.15) is 17.3 Å². The van der Waals surface area contributed by atoms with E-state index < -0.39 is 22.8 Å². The van der Waals surface area contributed by atoms with E-state index in [1.54, 1.807) is 11.8 Å². The molecule has 0 amide bonds. The largest absolute Gasteiger partial charge is 0.508 e. The smallest absolute Gasteiger partial charge is 0.200 e. The van der Waals surface area contributed by atoms with Crippen molar-refractivity contribution < 1.29 is 13.9 Å². The van der Waals surface area contributed by atoms with E-state index in [1.165, 1.54) is 10.8 Å². The lowest BCUT2D eigenvalue weighted by atomic mass is 10.1. The Morgan fingerprint density at radius 2 is 2.15 bits per heavy atom. The van der Waals surface area contributed by atoms with Crippen LogP contribution in [0.3, 0.4) is 0 Å². The van der Waals surface area contributed by atoms with Crippen LogP contribution in [0.5, 0.6) is 0 Å². The molecular weight excluding hydrogens is 352 g/mol. The molecule has 2 aromatic rings. The zero-order valence-electron chi connectivity index (χ0n) is 15.7. The SMILES string of the molecule is C=C(O)c1cn(CC)c2c(F)c(N3CCC(CNCC)C3)c(F)cc2c1=O. The van der Waals surface area contributed by atoms with Crippen LogP contribution in [-0.4, -0.2) is 35.9 Å². The third-order valence-electron chi connectivity index (χ3n) is 5.17. The van der Waals surface area contributed by atoms with Crippen LogP contribution in [0.2, 0.25) is 0 Å². The van der Waals surface area contributed by atoms with Crippen LogP contribution < -0.4 is 15.6 Å². The number of aliphatic hydroxyl groups is 1. The number of hydrogen-bond acceptors (Lipinski definition) is 4.